The summed E-state index contributed by atoms with van der Waals surface area (Å²) in [6.45, 7) is 18.7. The van der Waals surface area contributed by atoms with Crippen LogP contribution in [0.3, 0.4) is 0 Å². The molecule has 0 radical (unpaired) electrons. The first-order chi connectivity index (χ1) is 12.4. The van der Waals surface area contributed by atoms with Crippen molar-refractivity contribution >= 4 is 40.3 Å². The lowest BCUT2D eigenvalue weighted by molar-refractivity contribution is -0.112. The Bertz CT molecular complexity index is 555. The molecule has 0 bridgehead atoms. The van der Waals surface area contributed by atoms with Crippen LogP contribution in [0.4, 0.5) is 5.69 Å². The Hall–Kier alpha value is -2.21. The lowest BCUT2D eigenvalue weighted by Crippen LogP contribution is -2.15. The number of allylic oxidation sites excluding steroid dienone is 2. The number of carbonyl (C=O) groups excluding carboxylic acids is 2. The molecule has 0 aliphatic heterocycles. The van der Waals surface area contributed by atoms with Crippen molar-refractivity contribution in [2.75, 3.05) is 5.32 Å². The SMILES string of the molecule is C/C=C(\C)C(=O)Nc1ccc(Br)cc1C(=O)O.C=CC.C=O.CC.CC. The highest BCUT2D eigenvalue weighted by molar-refractivity contribution is 9.10. The molecule has 0 spiro atoms. The molecule has 5 nitrogen and oxygen atoms in total. The Kier molecular flexibility index (Phi) is 27.7. The topological polar surface area (TPSA) is 83.5 Å². The maximum Gasteiger partial charge on any atom is 0.337 e. The molecule has 0 atom stereocenters. The van der Waals surface area contributed by atoms with Gasteiger partial charge in [0.05, 0.1) is 11.3 Å². The Morgan fingerprint density at radius 1 is 1.12 bits per heavy atom. The van der Waals surface area contributed by atoms with Gasteiger partial charge in [0.2, 0.25) is 0 Å². The number of anilines is 1. The fourth-order valence-electron chi connectivity index (χ4n) is 1.15. The van der Waals surface area contributed by atoms with E-state index in [1.54, 1.807) is 38.1 Å². The third-order valence-electron chi connectivity index (χ3n) is 2.25. The number of benzene rings is 1. The maximum absolute atomic E-state index is 11.6. The molecule has 0 saturated heterocycles. The monoisotopic (exact) mass is 429 g/mol. The molecule has 2 N–H and O–H groups in total. The quantitative estimate of drug-likeness (QED) is 0.448. The van der Waals surface area contributed by atoms with E-state index in [1.807, 2.05) is 41.4 Å². The number of amides is 1. The third-order valence-corrected chi connectivity index (χ3v) is 2.74. The van der Waals surface area contributed by atoms with Crippen molar-refractivity contribution in [2.45, 2.75) is 48.5 Å². The number of carbonyl (C=O) groups is 3. The minimum Gasteiger partial charge on any atom is -0.478 e. The second-order valence-electron chi connectivity index (χ2n) is 3.83. The molecule has 0 aliphatic carbocycles. The predicted octanol–water partition coefficient (Wildman–Crippen LogP) is 6.11. The minimum absolute atomic E-state index is 0.0524. The normalized spacial score (nSPS) is 8.38. The van der Waals surface area contributed by atoms with Gasteiger partial charge in [0, 0.05) is 10.0 Å². The number of rotatable bonds is 3. The summed E-state index contributed by atoms with van der Waals surface area (Å²) in [6.07, 6.45) is 3.41. The molecule has 6 heteroatoms. The zero-order valence-corrected chi connectivity index (χ0v) is 18.4. The maximum atomic E-state index is 11.6. The third kappa shape index (κ3) is 15.3. The summed E-state index contributed by atoms with van der Waals surface area (Å²) in [6, 6.07) is 4.67. The van der Waals surface area contributed by atoms with Crippen molar-refractivity contribution in [3.8, 4) is 0 Å². The van der Waals surface area contributed by atoms with Crippen molar-refractivity contribution in [2.24, 2.45) is 0 Å². The standard InChI is InChI=1S/C12H12BrNO3.C3H6.2C2H6.CH2O/c1-3-7(2)11(15)14-10-5-4-8(13)6-9(10)12(16)17;1-3-2;3*1-2/h3-6H,1-2H3,(H,14,15)(H,16,17);3H,1H2,2H3;2*1-2H3;1H2/b7-3+;;;;. The fourth-order valence-corrected chi connectivity index (χ4v) is 1.52. The summed E-state index contributed by atoms with van der Waals surface area (Å²) in [5.41, 5.74) is 0.868. The number of carboxylic acid groups (broad SMARTS) is 1. The van der Waals surface area contributed by atoms with E-state index >= 15 is 0 Å². The van der Waals surface area contributed by atoms with Gasteiger partial charge in [0.25, 0.3) is 5.91 Å². The summed E-state index contributed by atoms with van der Waals surface area (Å²) < 4.78 is 0.649. The second-order valence-corrected chi connectivity index (χ2v) is 4.74. The van der Waals surface area contributed by atoms with Gasteiger partial charge in [0.1, 0.15) is 6.79 Å². The minimum atomic E-state index is -1.08. The molecule has 0 heterocycles. The van der Waals surface area contributed by atoms with Crippen molar-refractivity contribution in [3.05, 3.63) is 52.5 Å². The first-order valence-electron chi connectivity index (χ1n) is 8.20. The highest BCUT2D eigenvalue weighted by Gasteiger charge is 2.13. The lowest BCUT2D eigenvalue weighted by atomic mass is 10.1. The number of hydrogen-bond donors (Lipinski definition) is 2. The van der Waals surface area contributed by atoms with Gasteiger partial charge >= 0.3 is 5.97 Å². The van der Waals surface area contributed by atoms with Gasteiger partial charge in [-0.1, -0.05) is 55.8 Å². The van der Waals surface area contributed by atoms with Crippen LogP contribution in [-0.4, -0.2) is 23.8 Å². The zero-order valence-electron chi connectivity index (χ0n) is 16.9. The van der Waals surface area contributed by atoms with Crippen LogP contribution in [0.25, 0.3) is 0 Å². The van der Waals surface area contributed by atoms with Crippen molar-refractivity contribution in [3.63, 3.8) is 0 Å². The fraction of sp³-hybridized carbons (Fsp3) is 0.350. The van der Waals surface area contributed by atoms with Crippen LogP contribution in [0.2, 0.25) is 0 Å². The van der Waals surface area contributed by atoms with Crippen LogP contribution in [0.1, 0.15) is 58.8 Å². The summed E-state index contributed by atoms with van der Waals surface area (Å²) in [7, 11) is 0. The molecule has 26 heavy (non-hydrogen) atoms. The number of aromatic carboxylic acids is 1. The Morgan fingerprint density at radius 3 is 1.88 bits per heavy atom. The predicted molar refractivity (Wildman–Crippen MR) is 115 cm³/mol. The van der Waals surface area contributed by atoms with E-state index in [0.29, 0.717) is 10.0 Å². The largest absolute Gasteiger partial charge is 0.478 e. The Labute approximate surface area is 166 Å². The van der Waals surface area contributed by atoms with Crippen molar-refractivity contribution in [1.82, 2.24) is 0 Å². The first kappa shape index (κ1) is 31.5. The van der Waals surface area contributed by atoms with Crippen molar-refractivity contribution in [1.29, 1.82) is 0 Å². The van der Waals surface area contributed by atoms with E-state index in [4.69, 9.17) is 9.90 Å². The van der Waals surface area contributed by atoms with Crippen LogP contribution < -0.4 is 5.32 Å². The molecule has 0 unspecified atom stereocenters. The number of carboxylic acids is 1. The molecule has 1 aromatic rings. The van der Waals surface area contributed by atoms with E-state index in [-0.39, 0.29) is 17.2 Å². The summed E-state index contributed by atoms with van der Waals surface area (Å²) in [4.78, 5) is 30.6. The van der Waals surface area contributed by atoms with Gasteiger partial charge in [-0.15, -0.1) is 6.58 Å². The van der Waals surface area contributed by atoms with Crippen LogP contribution in [0.15, 0.2) is 47.0 Å². The van der Waals surface area contributed by atoms with Gasteiger partial charge in [-0.2, -0.15) is 0 Å². The molecule has 0 aliphatic rings. The number of halogens is 1. The van der Waals surface area contributed by atoms with Gasteiger partial charge < -0.3 is 15.2 Å². The van der Waals surface area contributed by atoms with E-state index < -0.39 is 5.97 Å². The van der Waals surface area contributed by atoms with Gasteiger partial charge in [-0.25, -0.2) is 4.79 Å². The van der Waals surface area contributed by atoms with E-state index in [1.165, 1.54) is 6.07 Å². The van der Waals surface area contributed by atoms with Gasteiger partial charge in [0.15, 0.2) is 0 Å². The molecule has 1 rings (SSSR count). The number of nitrogens with one attached hydrogen (secondary N) is 1. The average molecular weight is 430 g/mol. The zero-order chi connectivity index (χ0) is 21.7. The smallest absolute Gasteiger partial charge is 0.337 e. The molecular weight excluding hydrogens is 398 g/mol. The lowest BCUT2D eigenvalue weighted by Gasteiger charge is -2.08. The molecule has 1 amide bonds. The summed E-state index contributed by atoms with van der Waals surface area (Å²) in [5, 5.41) is 11.6. The molecule has 148 valence electrons. The molecule has 0 saturated carbocycles. The number of hydrogen-bond acceptors (Lipinski definition) is 3. The van der Waals surface area contributed by atoms with E-state index in [9.17, 15) is 9.59 Å². The van der Waals surface area contributed by atoms with Gasteiger partial charge in [-0.05, 0) is 39.0 Å². The molecule has 0 aromatic heterocycles. The Morgan fingerprint density at radius 2 is 1.54 bits per heavy atom. The van der Waals surface area contributed by atoms with Crippen molar-refractivity contribution < 1.29 is 19.5 Å². The summed E-state index contributed by atoms with van der Waals surface area (Å²) >= 11 is 3.19. The Balaban J connectivity index is -0.000000231. The first-order valence-corrected chi connectivity index (χ1v) is 8.99. The average Bonchev–Trinajstić information content (AvgIpc) is 2.67. The van der Waals surface area contributed by atoms with E-state index in [2.05, 4.69) is 27.8 Å². The van der Waals surface area contributed by atoms with Gasteiger partial charge in [-0.3, -0.25) is 4.79 Å². The second kappa shape index (κ2) is 22.8. The highest BCUT2D eigenvalue weighted by atomic mass is 79.9. The van der Waals surface area contributed by atoms with Crippen LogP contribution >= 0.6 is 15.9 Å². The molecule has 0 fully saturated rings. The van der Waals surface area contributed by atoms with Crippen LogP contribution in [-0.2, 0) is 9.59 Å². The molecule has 1 aromatic carbocycles. The summed E-state index contributed by atoms with van der Waals surface area (Å²) in [5.74, 6) is -1.39. The van der Waals surface area contributed by atoms with E-state index in [0.717, 1.165) is 0 Å². The van der Waals surface area contributed by atoms with Crippen LogP contribution in [0.5, 0.6) is 0 Å². The highest BCUT2D eigenvalue weighted by Crippen LogP contribution is 2.21. The van der Waals surface area contributed by atoms with Crippen LogP contribution in [0, 0.1) is 0 Å². The molecular formula is C20H32BrNO4.